The molecule has 1 aromatic carbocycles. The van der Waals surface area contributed by atoms with Crippen LogP contribution in [0.2, 0.25) is 0 Å². The van der Waals surface area contributed by atoms with Crippen LogP contribution in [0.15, 0.2) is 35.7 Å². The quantitative estimate of drug-likeness (QED) is 0.888. The Kier molecular flexibility index (Phi) is 3.57. The van der Waals surface area contributed by atoms with Crippen molar-refractivity contribution in [3.63, 3.8) is 0 Å². The highest BCUT2D eigenvalue weighted by Crippen LogP contribution is 2.36. The third-order valence-electron chi connectivity index (χ3n) is 3.57. The first-order chi connectivity index (χ1) is 10.1. The van der Waals surface area contributed by atoms with Crippen molar-refractivity contribution in [2.45, 2.75) is 19.0 Å². The Hall–Kier alpha value is -2.05. The minimum absolute atomic E-state index is 0.172. The molecule has 21 heavy (non-hydrogen) atoms. The average molecular weight is 305 g/mol. The van der Waals surface area contributed by atoms with E-state index in [1.54, 1.807) is 36.5 Å². The minimum atomic E-state index is -1.19. The highest BCUT2D eigenvalue weighted by Gasteiger charge is 2.36. The number of rotatable bonds is 5. The molecule has 1 unspecified atom stereocenters. The van der Waals surface area contributed by atoms with Crippen molar-refractivity contribution in [2.24, 2.45) is 0 Å². The fourth-order valence-corrected chi connectivity index (χ4v) is 2.83. The molecule has 0 saturated heterocycles. The molecule has 0 bridgehead atoms. The minimum Gasteiger partial charge on any atom is -0.480 e. The number of nitrogens with one attached hydrogen (secondary N) is 1. The molecule has 0 amide bonds. The fraction of sp³-hybridized carbons (Fsp3) is 0.267. The van der Waals surface area contributed by atoms with Crippen LogP contribution >= 0.6 is 11.3 Å². The molecule has 1 aliphatic rings. The zero-order valence-electron chi connectivity index (χ0n) is 11.5. The van der Waals surface area contributed by atoms with Crippen molar-refractivity contribution in [1.82, 2.24) is 5.32 Å². The number of hydrogen-bond donors (Lipinski definition) is 2. The van der Waals surface area contributed by atoms with Crippen LogP contribution in [-0.2, 0) is 16.9 Å². The van der Waals surface area contributed by atoms with E-state index >= 15 is 0 Å². The number of hydrogen-bond acceptors (Lipinski definition) is 5. The van der Waals surface area contributed by atoms with Gasteiger partial charge in [0, 0.05) is 11.4 Å². The molecule has 6 heteroatoms. The number of thiophene rings is 1. The summed E-state index contributed by atoms with van der Waals surface area (Å²) in [5.41, 5.74) is -0.555. The molecule has 1 atom stereocenters. The Morgan fingerprint density at radius 2 is 2.19 bits per heavy atom. The van der Waals surface area contributed by atoms with E-state index in [-0.39, 0.29) is 6.79 Å². The summed E-state index contributed by atoms with van der Waals surface area (Å²) in [4.78, 5) is 12.8. The number of ether oxygens (including phenoxy) is 2. The van der Waals surface area contributed by atoms with Crippen LogP contribution in [0.3, 0.4) is 0 Å². The predicted octanol–water partition coefficient (Wildman–Crippen LogP) is 2.57. The number of carboxylic acids is 1. The molecule has 110 valence electrons. The largest absolute Gasteiger partial charge is 0.480 e. The lowest BCUT2D eigenvalue weighted by Gasteiger charge is -2.27. The normalized spacial score (nSPS) is 15.7. The maximum atomic E-state index is 11.8. The Labute approximate surface area is 126 Å². The van der Waals surface area contributed by atoms with E-state index in [1.165, 1.54) is 0 Å². The Morgan fingerprint density at radius 3 is 2.90 bits per heavy atom. The van der Waals surface area contributed by atoms with Gasteiger partial charge in [-0.3, -0.25) is 5.32 Å². The van der Waals surface area contributed by atoms with Gasteiger partial charge in [-0.15, -0.1) is 11.3 Å². The van der Waals surface area contributed by atoms with E-state index in [0.717, 1.165) is 4.88 Å². The highest BCUT2D eigenvalue weighted by molar-refractivity contribution is 7.09. The lowest BCUT2D eigenvalue weighted by Crippen LogP contribution is -2.46. The van der Waals surface area contributed by atoms with Gasteiger partial charge in [-0.25, -0.2) is 4.79 Å². The first-order valence-electron chi connectivity index (χ1n) is 6.50. The van der Waals surface area contributed by atoms with Gasteiger partial charge in [0.15, 0.2) is 11.5 Å². The summed E-state index contributed by atoms with van der Waals surface area (Å²) in [7, 11) is 0. The van der Waals surface area contributed by atoms with Crippen molar-refractivity contribution in [3.8, 4) is 11.5 Å². The zero-order chi connectivity index (χ0) is 14.9. The molecule has 2 N–H and O–H groups in total. The molecule has 3 rings (SSSR count). The molecule has 0 fully saturated rings. The Bertz CT molecular complexity index is 656. The van der Waals surface area contributed by atoms with Crippen LogP contribution in [0.1, 0.15) is 17.4 Å². The van der Waals surface area contributed by atoms with Crippen LogP contribution in [0.25, 0.3) is 0 Å². The van der Waals surface area contributed by atoms with Gasteiger partial charge in [-0.1, -0.05) is 12.1 Å². The summed E-state index contributed by atoms with van der Waals surface area (Å²) in [5, 5.41) is 14.7. The maximum Gasteiger partial charge on any atom is 0.328 e. The number of aliphatic carboxylic acids is 1. The third-order valence-corrected chi connectivity index (χ3v) is 4.45. The maximum absolute atomic E-state index is 11.8. The van der Waals surface area contributed by atoms with E-state index in [9.17, 15) is 9.90 Å². The molecule has 2 heterocycles. The van der Waals surface area contributed by atoms with E-state index in [2.05, 4.69) is 5.32 Å². The van der Waals surface area contributed by atoms with Gasteiger partial charge in [-0.05, 0) is 36.1 Å². The summed E-state index contributed by atoms with van der Waals surface area (Å²) in [5.74, 6) is 0.292. The van der Waals surface area contributed by atoms with Gasteiger partial charge in [0.2, 0.25) is 6.79 Å². The van der Waals surface area contributed by atoms with Crippen LogP contribution in [0.5, 0.6) is 11.5 Å². The molecule has 1 aromatic heterocycles. The molecule has 5 nitrogen and oxygen atoms in total. The standard InChI is InChI=1S/C15H15NO4S/c1-15(14(17)18,16-8-11-3-2-6-21-11)10-4-5-12-13(7-10)20-9-19-12/h2-7,16H,8-9H2,1H3,(H,17,18). The molecule has 0 saturated carbocycles. The zero-order valence-corrected chi connectivity index (χ0v) is 12.3. The van der Waals surface area contributed by atoms with Crippen LogP contribution in [0.4, 0.5) is 0 Å². The van der Waals surface area contributed by atoms with Crippen LogP contribution in [0, 0.1) is 0 Å². The summed E-state index contributed by atoms with van der Waals surface area (Å²) in [6, 6.07) is 9.13. The van der Waals surface area contributed by atoms with Gasteiger partial charge in [-0.2, -0.15) is 0 Å². The van der Waals surface area contributed by atoms with E-state index in [4.69, 9.17) is 9.47 Å². The second-order valence-electron chi connectivity index (χ2n) is 4.93. The number of carbonyl (C=O) groups is 1. The van der Waals surface area contributed by atoms with E-state index < -0.39 is 11.5 Å². The summed E-state index contributed by atoms with van der Waals surface area (Å²) < 4.78 is 10.6. The highest BCUT2D eigenvalue weighted by atomic mass is 32.1. The van der Waals surface area contributed by atoms with Crippen molar-refractivity contribution < 1.29 is 19.4 Å². The Balaban J connectivity index is 1.87. The molecular formula is C15H15NO4S. The average Bonchev–Trinajstić information content (AvgIpc) is 3.14. The van der Waals surface area contributed by atoms with Crippen molar-refractivity contribution in [3.05, 3.63) is 46.2 Å². The molecule has 2 aromatic rings. The van der Waals surface area contributed by atoms with Crippen LogP contribution < -0.4 is 14.8 Å². The summed E-state index contributed by atoms with van der Waals surface area (Å²) in [6.45, 7) is 2.32. The van der Waals surface area contributed by atoms with Gasteiger partial charge >= 0.3 is 5.97 Å². The SMILES string of the molecule is CC(NCc1cccs1)(C(=O)O)c1ccc2c(c1)OCO2. The lowest BCUT2D eigenvalue weighted by molar-refractivity contribution is -0.144. The molecule has 0 spiro atoms. The van der Waals surface area contributed by atoms with Gasteiger partial charge in [0.1, 0.15) is 5.54 Å². The van der Waals surface area contributed by atoms with Crippen molar-refractivity contribution in [2.75, 3.05) is 6.79 Å². The van der Waals surface area contributed by atoms with Crippen LogP contribution in [-0.4, -0.2) is 17.9 Å². The van der Waals surface area contributed by atoms with Gasteiger partial charge in [0.05, 0.1) is 0 Å². The summed E-state index contributed by atoms with van der Waals surface area (Å²) >= 11 is 1.59. The van der Waals surface area contributed by atoms with E-state index in [1.807, 2.05) is 17.5 Å². The summed E-state index contributed by atoms with van der Waals surface area (Å²) in [6.07, 6.45) is 0. The number of benzene rings is 1. The lowest BCUT2D eigenvalue weighted by atomic mass is 9.91. The number of carboxylic acid groups (broad SMARTS) is 1. The second kappa shape index (κ2) is 5.38. The first-order valence-corrected chi connectivity index (χ1v) is 7.38. The molecule has 0 aliphatic carbocycles. The predicted molar refractivity (Wildman–Crippen MR) is 78.7 cm³/mol. The number of fused-ring (bicyclic) bond motifs is 1. The molecular weight excluding hydrogens is 290 g/mol. The Morgan fingerprint density at radius 1 is 1.38 bits per heavy atom. The first kappa shape index (κ1) is 13.9. The smallest absolute Gasteiger partial charge is 0.328 e. The third kappa shape index (κ3) is 2.59. The fourth-order valence-electron chi connectivity index (χ4n) is 2.19. The molecule has 0 radical (unpaired) electrons. The molecule has 1 aliphatic heterocycles. The second-order valence-corrected chi connectivity index (χ2v) is 5.96. The van der Waals surface area contributed by atoms with Gasteiger partial charge < -0.3 is 14.6 Å². The van der Waals surface area contributed by atoms with Crippen molar-refractivity contribution >= 4 is 17.3 Å². The van der Waals surface area contributed by atoms with E-state index in [0.29, 0.717) is 23.6 Å². The topological polar surface area (TPSA) is 67.8 Å². The van der Waals surface area contributed by atoms with Crippen molar-refractivity contribution in [1.29, 1.82) is 0 Å². The monoisotopic (exact) mass is 305 g/mol. The van der Waals surface area contributed by atoms with Gasteiger partial charge in [0.25, 0.3) is 0 Å².